The molecule has 1 aliphatic carbocycles. The van der Waals surface area contributed by atoms with Crippen molar-refractivity contribution in [2.45, 2.75) is 84.1 Å². The maximum atomic E-state index is 3.74. The van der Waals surface area contributed by atoms with Gasteiger partial charge in [0.05, 0.1) is 0 Å². The number of rotatable bonds is 7. The Labute approximate surface area is 102 Å². The summed E-state index contributed by atoms with van der Waals surface area (Å²) in [7, 11) is 0. The van der Waals surface area contributed by atoms with Gasteiger partial charge in [0, 0.05) is 6.04 Å². The molecule has 0 bridgehead atoms. The van der Waals surface area contributed by atoms with E-state index in [1.165, 1.54) is 70.8 Å². The van der Waals surface area contributed by atoms with Gasteiger partial charge in [-0.15, -0.1) is 0 Å². The van der Waals surface area contributed by atoms with Gasteiger partial charge in [0.15, 0.2) is 0 Å². The minimum absolute atomic E-state index is 0.750. The zero-order valence-corrected chi connectivity index (χ0v) is 11.4. The third-order valence-electron chi connectivity index (χ3n) is 4.10. The van der Waals surface area contributed by atoms with Crippen LogP contribution in [-0.2, 0) is 0 Å². The van der Waals surface area contributed by atoms with Gasteiger partial charge in [0.2, 0.25) is 0 Å². The standard InChI is InChI=1S/C15H31N/c1-3-4-5-10-13-16-14(2)15-11-8-6-7-9-12-15/h14-16H,3-13H2,1-2H3/t14-/m1/s1. The summed E-state index contributed by atoms with van der Waals surface area (Å²) in [6.45, 7) is 5.91. The molecule has 1 N–H and O–H groups in total. The Balaban J connectivity index is 2.05. The second kappa shape index (κ2) is 9.04. The highest BCUT2D eigenvalue weighted by atomic mass is 14.9. The minimum Gasteiger partial charge on any atom is -0.314 e. The molecule has 96 valence electrons. The van der Waals surface area contributed by atoms with E-state index in [0.29, 0.717) is 0 Å². The molecule has 0 radical (unpaired) electrons. The Kier molecular flexibility index (Phi) is 7.92. The van der Waals surface area contributed by atoms with Gasteiger partial charge in [-0.3, -0.25) is 0 Å². The van der Waals surface area contributed by atoms with E-state index in [2.05, 4.69) is 19.2 Å². The van der Waals surface area contributed by atoms with Gasteiger partial charge in [0.1, 0.15) is 0 Å². The number of unbranched alkanes of at least 4 members (excludes halogenated alkanes) is 3. The van der Waals surface area contributed by atoms with Crippen LogP contribution >= 0.6 is 0 Å². The first-order chi connectivity index (χ1) is 7.84. The van der Waals surface area contributed by atoms with Crippen LogP contribution in [0.1, 0.15) is 78.1 Å². The van der Waals surface area contributed by atoms with E-state index in [0.717, 1.165) is 12.0 Å². The normalized spacial score (nSPS) is 20.6. The Hall–Kier alpha value is -0.0400. The summed E-state index contributed by atoms with van der Waals surface area (Å²) in [6, 6.07) is 0.750. The van der Waals surface area contributed by atoms with Crippen LogP contribution in [0, 0.1) is 5.92 Å². The summed E-state index contributed by atoms with van der Waals surface area (Å²) in [5.74, 6) is 0.952. The molecule has 1 heteroatoms. The van der Waals surface area contributed by atoms with Crippen molar-refractivity contribution in [1.29, 1.82) is 0 Å². The van der Waals surface area contributed by atoms with Gasteiger partial charge in [0.25, 0.3) is 0 Å². The topological polar surface area (TPSA) is 12.0 Å². The highest BCUT2D eigenvalue weighted by Gasteiger charge is 2.17. The van der Waals surface area contributed by atoms with Crippen LogP contribution in [-0.4, -0.2) is 12.6 Å². The van der Waals surface area contributed by atoms with E-state index in [1.807, 2.05) is 0 Å². The van der Waals surface area contributed by atoms with E-state index in [9.17, 15) is 0 Å². The molecule has 1 saturated carbocycles. The van der Waals surface area contributed by atoms with E-state index >= 15 is 0 Å². The highest BCUT2D eigenvalue weighted by Crippen LogP contribution is 2.25. The van der Waals surface area contributed by atoms with Crippen LogP contribution in [0.25, 0.3) is 0 Å². The smallest absolute Gasteiger partial charge is 0.00669 e. The monoisotopic (exact) mass is 225 g/mol. The van der Waals surface area contributed by atoms with Crippen LogP contribution in [0.2, 0.25) is 0 Å². The Morgan fingerprint density at radius 2 is 1.69 bits per heavy atom. The Bertz CT molecular complexity index is 148. The van der Waals surface area contributed by atoms with Crippen LogP contribution in [0.4, 0.5) is 0 Å². The molecule has 1 rings (SSSR count). The molecule has 1 aliphatic rings. The molecule has 0 aromatic carbocycles. The summed E-state index contributed by atoms with van der Waals surface area (Å²) < 4.78 is 0. The van der Waals surface area contributed by atoms with Crippen molar-refractivity contribution in [2.75, 3.05) is 6.54 Å². The number of hydrogen-bond acceptors (Lipinski definition) is 1. The minimum atomic E-state index is 0.750. The SMILES string of the molecule is CCCCCCN[C@H](C)C1CCCCCC1. The van der Waals surface area contributed by atoms with E-state index in [1.54, 1.807) is 0 Å². The summed E-state index contributed by atoms with van der Waals surface area (Å²) in [5, 5.41) is 3.74. The zero-order valence-electron chi connectivity index (χ0n) is 11.4. The Morgan fingerprint density at radius 3 is 2.31 bits per heavy atom. The molecule has 0 aromatic rings. The van der Waals surface area contributed by atoms with Crippen molar-refractivity contribution < 1.29 is 0 Å². The van der Waals surface area contributed by atoms with E-state index in [-0.39, 0.29) is 0 Å². The maximum Gasteiger partial charge on any atom is 0.00669 e. The lowest BCUT2D eigenvalue weighted by molar-refractivity contribution is 0.336. The molecule has 0 aromatic heterocycles. The van der Waals surface area contributed by atoms with Crippen molar-refractivity contribution in [2.24, 2.45) is 5.92 Å². The van der Waals surface area contributed by atoms with Gasteiger partial charge >= 0.3 is 0 Å². The predicted octanol–water partition coefficient (Wildman–Crippen LogP) is 4.52. The molecule has 1 atom stereocenters. The van der Waals surface area contributed by atoms with E-state index in [4.69, 9.17) is 0 Å². The van der Waals surface area contributed by atoms with Crippen LogP contribution < -0.4 is 5.32 Å². The molecule has 0 spiro atoms. The van der Waals surface area contributed by atoms with Crippen molar-refractivity contribution in [1.82, 2.24) is 5.32 Å². The van der Waals surface area contributed by atoms with Crippen molar-refractivity contribution in [3.63, 3.8) is 0 Å². The number of nitrogens with one attached hydrogen (secondary N) is 1. The second-order valence-corrected chi connectivity index (χ2v) is 5.56. The van der Waals surface area contributed by atoms with Gasteiger partial charge in [-0.1, -0.05) is 51.9 Å². The fourth-order valence-corrected chi connectivity index (χ4v) is 2.86. The second-order valence-electron chi connectivity index (χ2n) is 5.56. The summed E-state index contributed by atoms with van der Waals surface area (Å²) in [5.41, 5.74) is 0. The molecule has 0 unspecified atom stereocenters. The third kappa shape index (κ3) is 5.89. The molecule has 0 heterocycles. The molecule has 16 heavy (non-hydrogen) atoms. The molecule has 0 amide bonds. The largest absolute Gasteiger partial charge is 0.314 e. The lowest BCUT2D eigenvalue weighted by Crippen LogP contribution is -2.34. The summed E-state index contributed by atoms with van der Waals surface area (Å²) in [4.78, 5) is 0. The predicted molar refractivity (Wildman–Crippen MR) is 72.8 cm³/mol. The highest BCUT2D eigenvalue weighted by molar-refractivity contribution is 4.74. The van der Waals surface area contributed by atoms with Gasteiger partial charge < -0.3 is 5.32 Å². The lowest BCUT2D eigenvalue weighted by Gasteiger charge is -2.23. The molecular formula is C15H31N. The van der Waals surface area contributed by atoms with Gasteiger partial charge in [-0.2, -0.15) is 0 Å². The molecule has 0 aliphatic heterocycles. The first-order valence-electron chi connectivity index (χ1n) is 7.58. The first-order valence-corrected chi connectivity index (χ1v) is 7.58. The van der Waals surface area contributed by atoms with Gasteiger partial charge in [-0.05, 0) is 38.6 Å². The molecule has 0 saturated heterocycles. The van der Waals surface area contributed by atoms with Crippen LogP contribution in [0.5, 0.6) is 0 Å². The average Bonchev–Trinajstić information content (AvgIpc) is 2.57. The summed E-state index contributed by atoms with van der Waals surface area (Å²) >= 11 is 0. The lowest BCUT2D eigenvalue weighted by atomic mass is 9.93. The average molecular weight is 225 g/mol. The first kappa shape index (κ1) is 14.0. The molecule has 1 nitrogen and oxygen atoms in total. The van der Waals surface area contributed by atoms with Crippen molar-refractivity contribution >= 4 is 0 Å². The zero-order chi connectivity index (χ0) is 11.6. The Morgan fingerprint density at radius 1 is 1.00 bits per heavy atom. The van der Waals surface area contributed by atoms with Crippen molar-refractivity contribution in [3.05, 3.63) is 0 Å². The molecular weight excluding hydrogens is 194 g/mol. The fraction of sp³-hybridized carbons (Fsp3) is 1.00. The molecule has 1 fully saturated rings. The quantitative estimate of drug-likeness (QED) is 0.496. The summed E-state index contributed by atoms with van der Waals surface area (Å²) in [6.07, 6.45) is 14.3. The van der Waals surface area contributed by atoms with Crippen molar-refractivity contribution in [3.8, 4) is 0 Å². The van der Waals surface area contributed by atoms with E-state index < -0.39 is 0 Å². The number of hydrogen-bond donors (Lipinski definition) is 1. The third-order valence-corrected chi connectivity index (χ3v) is 4.10. The van der Waals surface area contributed by atoms with Crippen LogP contribution in [0.15, 0.2) is 0 Å². The fourth-order valence-electron chi connectivity index (χ4n) is 2.86. The van der Waals surface area contributed by atoms with Gasteiger partial charge in [-0.25, -0.2) is 0 Å². The van der Waals surface area contributed by atoms with Crippen LogP contribution in [0.3, 0.4) is 0 Å². The maximum absolute atomic E-state index is 3.74.